The van der Waals surface area contributed by atoms with Crippen LogP contribution in [0.25, 0.3) is 16.5 Å². The molecule has 1 aromatic heterocycles. The van der Waals surface area contributed by atoms with Crippen molar-refractivity contribution in [3.63, 3.8) is 0 Å². The van der Waals surface area contributed by atoms with E-state index in [1.165, 1.54) is 28.1 Å². The number of nitrogens with zero attached hydrogens (tertiary/aromatic N) is 1. The highest BCUT2D eigenvalue weighted by molar-refractivity contribution is 8.01. The van der Waals surface area contributed by atoms with E-state index in [9.17, 15) is 9.90 Å². The van der Waals surface area contributed by atoms with E-state index in [1.807, 2.05) is 0 Å². The molecule has 0 aliphatic carbocycles. The fourth-order valence-electron chi connectivity index (χ4n) is 3.63. The van der Waals surface area contributed by atoms with Crippen molar-refractivity contribution in [1.29, 1.82) is 0 Å². The summed E-state index contributed by atoms with van der Waals surface area (Å²) >= 11 is 1.48. The van der Waals surface area contributed by atoms with Crippen LogP contribution in [0.5, 0.6) is 0 Å². The van der Waals surface area contributed by atoms with Gasteiger partial charge in [0.15, 0.2) is 0 Å². The summed E-state index contributed by atoms with van der Waals surface area (Å²) in [6, 6.07) is 16.9. The molecule has 0 bridgehead atoms. The minimum Gasteiger partial charge on any atom is -0.480 e. The average Bonchev–Trinajstić information content (AvgIpc) is 3.20. The van der Waals surface area contributed by atoms with Gasteiger partial charge in [-0.05, 0) is 31.4 Å². The maximum Gasteiger partial charge on any atom is 0.318 e. The van der Waals surface area contributed by atoms with E-state index < -0.39 is 5.97 Å². The molecule has 2 N–H and O–H groups in total. The molecule has 3 aromatic rings. The normalized spacial score (nSPS) is 20.2. The molecule has 0 unspecified atom stereocenters. The fourth-order valence-corrected chi connectivity index (χ4v) is 4.85. The summed E-state index contributed by atoms with van der Waals surface area (Å²) in [5.74, 6) is -0.747. The zero-order chi connectivity index (χ0) is 17.6. The predicted octanol–water partition coefficient (Wildman–Crippen LogP) is 4.04. The summed E-state index contributed by atoms with van der Waals surface area (Å²) in [6.07, 6.45) is 0. The van der Waals surface area contributed by atoms with Gasteiger partial charge in [0, 0.05) is 28.9 Å². The Bertz CT molecular complexity index is 958. The first-order chi connectivity index (χ1) is 12.1. The minimum atomic E-state index is -0.747. The van der Waals surface area contributed by atoms with Crippen LogP contribution in [0.2, 0.25) is 0 Å². The third-order valence-corrected chi connectivity index (χ3v) is 6.21. The average molecular weight is 352 g/mol. The summed E-state index contributed by atoms with van der Waals surface area (Å²) in [5, 5.41) is 14.7. The monoisotopic (exact) mass is 352 g/mol. The van der Waals surface area contributed by atoms with E-state index in [1.54, 1.807) is 0 Å². The smallest absolute Gasteiger partial charge is 0.318 e. The third-order valence-electron chi connectivity index (χ3n) is 4.82. The Labute approximate surface area is 150 Å². The molecule has 0 radical (unpaired) electrons. The first-order valence-electron chi connectivity index (χ1n) is 8.35. The van der Waals surface area contributed by atoms with Gasteiger partial charge in [-0.3, -0.25) is 10.1 Å². The number of nitrogens with one attached hydrogen (secondary N) is 1. The molecule has 2 atom stereocenters. The van der Waals surface area contributed by atoms with Crippen LogP contribution in [0.1, 0.15) is 22.3 Å². The van der Waals surface area contributed by atoms with E-state index in [-0.39, 0.29) is 10.6 Å². The van der Waals surface area contributed by atoms with Crippen LogP contribution in [0, 0.1) is 13.8 Å². The molecule has 0 spiro atoms. The largest absolute Gasteiger partial charge is 0.480 e. The van der Waals surface area contributed by atoms with Gasteiger partial charge in [-0.15, -0.1) is 11.8 Å². The Balaban J connectivity index is 1.80. The second kappa shape index (κ2) is 6.24. The van der Waals surface area contributed by atoms with Crippen LogP contribution in [0.4, 0.5) is 0 Å². The minimum absolute atomic E-state index is 0.0241. The number of hydrogen-bond acceptors (Lipinski definition) is 3. The van der Waals surface area contributed by atoms with E-state index >= 15 is 0 Å². The van der Waals surface area contributed by atoms with Crippen molar-refractivity contribution in [3.8, 4) is 5.69 Å². The van der Waals surface area contributed by atoms with E-state index in [0.29, 0.717) is 6.54 Å². The third kappa shape index (κ3) is 2.73. The standard InChI is InChI=1S/C20H20N2O2S/c1-12-10-16(19-21-11-18(25-19)20(23)24)13(2)22(12)17-9-5-7-14-6-3-4-8-15(14)17/h3-10,18-19,21H,11H2,1-2H3,(H,23,24)/t18-,19-/m1/s1. The number of aromatic nitrogens is 1. The van der Waals surface area contributed by atoms with Gasteiger partial charge in [0.25, 0.3) is 0 Å². The van der Waals surface area contributed by atoms with Crippen molar-refractivity contribution < 1.29 is 9.90 Å². The van der Waals surface area contributed by atoms with Crippen LogP contribution in [0.3, 0.4) is 0 Å². The maximum absolute atomic E-state index is 11.2. The van der Waals surface area contributed by atoms with Crippen molar-refractivity contribution in [1.82, 2.24) is 9.88 Å². The molecule has 0 saturated carbocycles. The predicted molar refractivity (Wildman–Crippen MR) is 103 cm³/mol. The lowest BCUT2D eigenvalue weighted by molar-refractivity contribution is -0.136. The molecule has 5 heteroatoms. The van der Waals surface area contributed by atoms with Gasteiger partial charge in [0.1, 0.15) is 5.25 Å². The molecule has 2 heterocycles. The lowest BCUT2D eigenvalue weighted by Gasteiger charge is -2.15. The van der Waals surface area contributed by atoms with E-state index in [2.05, 4.69) is 72.3 Å². The number of aliphatic carboxylic acids is 1. The lowest BCUT2D eigenvalue weighted by atomic mass is 10.1. The fraction of sp³-hybridized carbons (Fsp3) is 0.250. The highest BCUT2D eigenvalue weighted by Crippen LogP contribution is 2.39. The summed E-state index contributed by atoms with van der Waals surface area (Å²) in [7, 11) is 0. The van der Waals surface area contributed by atoms with Gasteiger partial charge >= 0.3 is 5.97 Å². The van der Waals surface area contributed by atoms with Crippen LogP contribution < -0.4 is 5.32 Å². The van der Waals surface area contributed by atoms with Gasteiger partial charge in [0.05, 0.1) is 11.1 Å². The molecule has 1 fully saturated rings. The second-order valence-electron chi connectivity index (χ2n) is 6.41. The van der Waals surface area contributed by atoms with Crippen LogP contribution >= 0.6 is 11.8 Å². The van der Waals surface area contributed by atoms with Crippen molar-refractivity contribution in [2.75, 3.05) is 6.54 Å². The number of aryl methyl sites for hydroxylation is 1. The Morgan fingerprint density at radius 3 is 2.72 bits per heavy atom. The SMILES string of the molecule is Cc1cc([C@@H]2NC[C@H](C(=O)O)S2)c(C)n1-c1cccc2ccccc12. The van der Waals surface area contributed by atoms with Crippen LogP contribution in [-0.4, -0.2) is 27.4 Å². The Morgan fingerprint density at radius 1 is 1.20 bits per heavy atom. The van der Waals surface area contributed by atoms with Gasteiger partial charge in [-0.2, -0.15) is 0 Å². The number of carboxylic acids is 1. The molecule has 1 aliphatic heterocycles. The zero-order valence-electron chi connectivity index (χ0n) is 14.2. The molecule has 128 valence electrons. The number of hydrogen-bond donors (Lipinski definition) is 2. The van der Waals surface area contributed by atoms with Crippen molar-refractivity contribution in [2.24, 2.45) is 0 Å². The van der Waals surface area contributed by atoms with Gasteiger partial charge in [-0.25, -0.2) is 0 Å². The summed E-state index contributed by atoms with van der Waals surface area (Å²) in [4.78, 5) is 11.2. The molecular formula is C20H20N2O2S. The summed E-state index contributed by atoms with van der Waals surface area (Å²) < 4.78 is 2.27. The van der Waals surface area contributed by atoms with Crippen molar-refractivity contribution >= 4 is 28.5 Å². The van der Waals surface area contributed by atoms with Gasteiger partial charge in [-0.1, -0.05) is 36.4 Å². The lowest BCUT2D eigenvalue weighted by Crippen LogP contribution is -2.21. The molecule has 4 rings (SSSR count). The highest BCUT2D eigenvalue weighted by Gasteiger charge is 2.32. The number of carboxylic acid groups (broad SMARTS) is 1. The van der Waals surface area contributed by atoms with Gasteiger partial charge in [0.2, 0.25) is 0 Å². The number of benzene rings is 2. The molecule has 4 nitrogen and oxygen atoms in total. The first-order valence-corrected chi connectivity index (χ1v) is 9.29. The molecule has 0 amide bonds. The Hall–Kier alpha value is -2.24. The molecule has 2 aromatic carbocycles. The molecule has 1 aliphatic rings. The van der Waals surface area contributed by atoms with Crippen molar-refractivity contribution in [2.45, 2.75) is 24.5 Å². The zero-order valence-corrected chi connectivity index (χ0v) is 15.0. The summed E-state index contributed by atoms with van der Waals surface area (Å²) in [6.45, 7) is 4.72. The molecule has 25 heavy (non-hydrogen) atoms. The van der Waals surface area contributed by atoms with Crippen LogP contribution in [-0.2, 0) is 4.79 Å². The maximum atomic E-state index is 11.2. The van der Waals surface area contributed by atoms with E-state index in [4.69, 9.17) is 0 Å². The topological polar surface area (TPSA) is 54.3 Å². The van der Waals surface area contributed by atoms with Crippen molar-refractivity contribution in [3.05, 3.63) is 65.5 Å². The summed E-state index contributed by atoms with van der Waals surface area (Å²) in [5.41, 5.74) is 4.64. The van der Waals surface area contributed by atoms with E-state index in [0.717, 1.165) is 17.1 Å². The quantitative estimate of drug-likeness (QED) is 0.747. The molecule has 1 saturated heterocycles. The second-order valence-corrected chi connectivity index (χ2v) is 7.72. The number of thioether (sulfide) groups is 1. The Morgan fingerprint density at radius 2 is 1.96 bits per heavy atom. The van der Waals surface area contributed by atoms with Crippen LogP contribution in [0.15, 0.2) is 48.5 Å². The highest BCUT2D eigenvalue weighted by atomic mass is 32.2. The molecular weight excluding hydrogens is 332 g/mol. The number of rotatable bonds is 3. The number of carbonyl (C=O) groups is 1. The first kappa shape index (κ1) is 16.2. The Kier molecular flexibility index (Phi) is 4.06. The number of fused-ring (bicyclic) bond motifs is 1. The van der Waals surface area contributed by atoms with Gasteiger partial charge < -0.3 is 9.67 Å².